The van der Waals surface area contributed by atoms with Gasteiger partial charge in [0.25, 0.3) is 5.91 Å². The second-order valence-corrected chi connectivity index (χ2v) is 6.11. The predicted octanol–water partition coefficient (Wildman–Crippen LogP) is 2.30. The Morgan fingerprint density at radius 2 is 2.18 bits per heavy atom. The quantitative estimate of drug-likeness (QED) is 0.924. The Labute approximate surface area is 134 Å². The third kappa shape index (κ3) is 2.87. The molecule has 1 aromatic heterocycles. The number of nitrogens with two attached hydrogens (primary N) is 1. The number of aryl methyl sites for hydroxylation is 1. The standard InChI is InChI=1S/C16H19ClN4O/c1-20-10-13(16(22)21-8-4-5-11(18)9-21)15(19-20)12-6-2-3-7-14(12)17/h2-3,6-7,10-11H,4-5,8-9,18H2,1H3/t11-/m0/s1. The summed E-state index contributed by atoms with van der Waals surface area (Å²) in [6.45, 7) is 1.33. The summed E-state index contributed by atoms with van der Waals surface area (Å²) in [4.78, 5) is 14.6. The molecular weight excluding hydrogens is 300 g/mol. The highest BCUT2D eigenvalue weighted by molar-refractivity contribution is 6.33. The molecule has 0 saturated carbocycles. The zero-order valence-electron chi connectivity index (χ0n) is 12.5. The normalized spacial score (nSPS) is 18.5. The number of likely N-dealkylation sites (tertiary alicyclic amines) is 1. The molecule has 2 aromatic rings. The highest BCUT2D eigenvalue weighted by atomic mass is 35.5. The summed E-state index contributed by atoms with van der Waals surface area (Å²) >= 11 is 6.26. The monoisotopic (exact) mass is 318 g/mol. The van der Waals surface area contributed by atoms with Crippen molar-refractivity contribution in [3.63, 3.8) is 0 Å². The van der Waals surface area contributed by atoms with Gasteiger partial charge < -0.3 is 10.6 Å². The fourth-order valence-electron chi connectivity index (χ4n) is 2.86. The lowest BCUT2D eigenvalue weighted by Crippen LogP contribution is -2.45. The van der Waals surface area contributed by atoms with Crippen molar-refractivity contribution >= 4 is 17.5 Å². The van der Waals surface area contributed by atoms with Crippen LogP contribution in [0.2, 0.25) is 5.02 Å². The van der Waals surface area contributed by atoms with Gasteiger partial charge in [0.15, 0.2) is 0 Å². The first-order valence-electron chi connectivity index (χ1n) is 7.39. The number of amides is 1. The smallest absolute Gasteiger partial charge is 0.257 e. The van der Waals surface area contributed by atoms with Crippen molar-refractivity contribution in [3.05, 3.63) is 41.0 Å². The summed E-state index contributed by atoms with van der Waals surface area (Å²) in [6, 6.07) is 7.49. The number of hydrogen-bond donors (Lipinski definition) is 1. The lowest BCUT2D eigenvalue weighted by molar-refractivity contribution is 0.0709. The lowest BCUT2D eigenvalue weighted by Gasteiger charge is -2.30. The summed E-state index contributed by atoms with van der Waals surface area (Å²) in [5.74, 6) is -0.0295. The fourth-order valence-corrected chi connectivity index (χ4v) is 3.09. The highest BCUT2D eigenvalue weighted by Crippen LogP contribution is 2.30. The molecule has 1 aliphatic rings. The van der Waals surface area contributed by atoms with E-state index in [1.807, 2.05) is 23.1 Å². The van der Waals surface area contributed by atoms with Crippen LogP contribution in [0.5, 0.6) is 0 Å². The summed E-state index contributed by atoms with van der Waals surface area (Å²) in [6.07, 6.45) is 3.66. The SMILES string of the molecule is Cn1cc(C(=O)N2CCC[C@H](N)C2)c(-c2ccccc2Cl)n1. The molecule has 22 heavy (non-hydrogen) atoms. The molecule has 1 saturated heterocycles. The topological polar surface area (TPSA) is 64.2 Å². The Hall–Kier alpha value is -1.85. The van der Waals surface area contributed by atoms with E-state index in [0.29, 0.717) is 22.8 Å². The number of aromatic nitrogens is 2. The van der Waals surface area contributed by atoms with E-state index in [9.17, 15) is 4.79 Å². The lowest BCUT2D eigenvalue weighted by atomic mass is 10.0. The van der Waals surface area contributed by atoms with Gasteiger partial charge in [-0.2, -0.15) is 5.10 Å². The summed E-state index contributed by atoms with van der Waals surface area (Å²) in [5, 5.41) is 5.02. The van der Waals surface area contributed by atoms with Gasteiger partial charge in [-0.3, -0.25) is 9.48 Å². The van der Waals surface area contributed by atoms with Gasteiger partial charge in [0.1, 0.15) is 5.69 Å². The zero-order chi connectivity index (χ0) is 15.7. The van der Waals surface area contributed by atoms with Crippen LogP contribution in [0.4, 0.5) is 0 Å². The van der Waals surface area contributed by atoms with E-state index in [0.717, 1.165) is 24.9 Å². The van der Waals surface area contributed by atoms with E-state index in [4.69, 9.17) is 17.3 Å². The minimum atomic E-state index is -0.0295. The second kappa shape index (κ2) is 6.10. The van der Waals surface area contributed by atoms with Crippen LogP contribution < -0.4 is 5.73 Å². The minimum Gasteiger partial charge on any atom is -0.337 e. The van der Waals surface area contributed by atoms with E-state index < -0.39 is 0 Å². The fraction of sp³-hybridized carbons (Fsp3) is 0.375. The van der Waals surface area contributed by atoms with Gasteiger partial charge in [-0.05, 0) is 18.9 Å². The maximum absolute atomic E-state index is 12.8. The van der Waals surface area contributed by atoms with Crippen LogP contribution in [0.3, 0.4) is 0 Å². The molecule has 1 aliphatic heterocycles. The first-order chi connectivity index (χ1) is 10.6. The molecule has 0 unspecified atom stereocenters. The van der Waals surface area contributed by atoms with Crippen molar-refractivity contribution in [1.82, 2.24) is 14.7 Å². The van der Waals surface area contributed by atoms with Crippen LogP contribution in [0.25, 0.3) is 11.3 Å². The molecule has 2 heterocycles. The Balaban J connectivity index is 1.98. The van der Waals surface area contributed by atoms with Gasteiger partial charge in [-0.25, -0.2) is 0 Å². The number of benzene rings is 1. The zero-order valence-corrected chi connectivity index (χ0v) is 13.3. The molecule has 0 spiro atoms. The Morgan fingerprint density at radius 3 is 2.91 bits per heavy atom. The molecule has 1 atom stereocenters. The largest absolute Gasteiger partial charge is 0.337 e. The van der Waals surface area contributed by atoms with E-state index in [1.165, 1.54) is 0 Å². The van der Waals surface area contributed by atoms with E-state index in [2.05, 4.69) is 5.10 Å². The molecule has 1 fully saturated rings. The molecule has 0 radical (unpaired) electrons. The van der Waals surface area contributed by atoms with Gasteiger partial charge >= 0.3 is 0 Å². The van der Waals surface area contributed by atoms with Crippen molar-refractivity contribution < 1.29 is 4.79 Å². The summed E-state index contributed by atoms with van der Waals surface area (Å²) in [7, 11) is 1.80. The van der Waals surface area contributed by atoms with Gasteiger partial charge in [0.05, 0.1) is 10.6 Å². The maximum Gasteiger partial charge on any atom is 0.257 e. The Bertz CT molecular complexity index is 697. The number of nitrogens with zero attached hydrogens (tertiary/aromatic N) is 3. The number of rotatable bonds is 2. The van der Waals surface area contributed by atoms with Crippen LogP contribution in [-0.4, -0.2) is 39.7 Å². The number of hydrogen-bond acceptors (Lipinski definition) is 3. The summed E-state index contributed by atoms with van der Waals surface area (Å²) < 4.78 is 1.65. The molecule has 2 N–H and O–H groups in total. The Morgan fingerprint density at radius 1 is 1.41 bits per heavy atom. The molecule has 0 bridgehead atoms. The average molecular weight is 319 g/mol. The first-order valence-corrected chi connectivity index (χ1v) is 7.77. The van der Waals surface area contributed by atoms with Crippen LogP contribution in [0.1, 0.15) is 23.2 Å². The maximum atomic E-state index is 12.8. The third-order valence-corrected chi connectivity index (χ3v) is 4.26. The van der Waals surface area contributed by atoms with Gasteiger partial charge in [0.2, 0.25) is 0 Å². The molecular formula is C16H19ClN4O. The van der Waals surface area contributed by atoms with Gasteiger partial charge in [0, 0.05) is 37.9 Å². The molecule has 5 nitrogen and oxygen atoms in total. The minimum absolute atomic E-state index is 0.0295. The van der Waals surface area contributed by atoms with Crippen molar-refractivity contribution in [1.29, 1.82) is 0 Å². The molecule has 1 amide bonds. The molecule has 116 valence electrons. The number of carbonyl (C=O) groups is 1. The van der Waals surface area contributed by atoms with Crippen LogP contribution >= 0.6 is 11.6 Å². The summed E-state index contributed by atoms with van der Waals surface area (Å²) in [5.41, 5.74) is 7.95. The van der Waals surface area contributed by atoms with Gasteiger partial charge in [-0.1, -0.05) is 29.8 Å². The van der Waals surface area contributed by atoms with Crippen LogP contribution in [0, 0.1) is 0 Å². The third-order valence-electron chi connectivity index (χ3n) is 3.93. The molecule has 6 heteroatoms. The number of carbonyl (C=O) groups excluding carboxylic acids is 1. The highest BCUT2D eigenvalue weighted by Gasteiger charge is 2.26. The molecule has 0 aliphatic carbocycles. The van der Waals surface area contributed by atoms with Gasteiger partial charge in [-0.15, -0.1) is 0 Å². The van der Waals surface area contributed by atoms with E-state index >= 15 is 0 Å². The predicted molar refractivity (Wildman–Crippen MR) is 86.8 cm³/mol. The van der Waals surface area contributed by atoms with E-state index in [1.54, 1.807) is 24.0 Å². The Kier molecular flexibility index (Phi) is 4.18. The number of piperidine rings is 1. The van der Waals surface area contributed by atoms with Crippen molar-refractivity contribution in [2.45, 2.75) is 18.9 Å². The molecule has 3 rings (SSSR count). The number of halogens is 1. The van der Waals surface area contributed by atoms with Crippen LogP contribution in [-0.2, 0) is 7.05 Å². The molecule has 1 aromatic carbocycles. The van der Waals surface area contributed by atoms with Crippen molar-refractivity contribution in [2.24, 2.45) is 12.8 Å². The van der Waals surface area contributed by atoms with Crippen molar-refractivity contribution in [3.8, 4) is 11.3 Å². The van der Waals surface area contributed by atoms with Crippen LogP contribution in [0.15, 0.2) is 30.5 Å². The van der Waals surface area contributed by atoms with Crippen molar-refractivity contribution in [2.75, 3.05) is 13.1 Å². The average Bonchev–Trinajstić information content (AvgIpc) is 2.88. The van der Waals surface area contributed by atoms with E-state index in [-0.39, 0.29) is 11.9 Å². The second-order valence-electron chi connectivity index (χ2n) is 5.70. The first kappa shape index (κ1) is 15.1.